The van der Waals surface area contributed by atoms with Gasteiger partial charge in [-0.3, -0.25) is 4.79 Å². The molecule has 0 aliphatic heterocycles. The SMILES string of the molecule is CCN/C(=N\C1CCCCC1)O/C(C=O)=C/c1ccc(N(c2ccc(OC)cc2)c2ccc(OC)cc2)cc1. The van der Waals surface area contributed by atoms with Gasteiger partial charge in [-0.15, -0.1) is 0 Å². The highest BCUT2D eigenvalue weighted by molar-refractivity contribution is 5.86. The monoisotopic (exact) mass is 527 g/mol. The van der Waals surface area contributed by atoms with Gasteiger partial charge in [0.15, 0.2) is 12.0 Å². The number of carbonyl (C=O) groups is 1. The molecule has 0 bridgehead atoms. The molecular formula is C32H37N3O4. The molecule has 0 spiro atoms. The zero-order valence-corrected chi connectivity index (χ0v) is 22.9. The predicted octanol–water partition coefficient (Wildman–Crippen LogP) is 7.03. The summed E-state index contributed by atoms with van der Waals surface area (Å²) in [5.41, 5.74) is 3.77. The Morgan fingerprint density at radius 1 is 0.846 bits per heavy atom. The molecule has 3 aromatic carbocycles. The number of anilines is 3. The Balaban J connectivity index is 1.59. The van der Waals surface area contributed by atoms with Crippen molar-refractivity contribution in [3.63, 3.8) is 0 Å². The van der Waals surface area contributed by atoms with E-state index in [1.54, 1.807) is 20.3 Å². The lowest BCUT2D eigenvalue weighted by atomic mass is 9.96. The van der Waals surface area contributed by atoms with Gasteiger partial charge in [0, 0.05) is 23.6 Å². The van der Waals surface area contributed by atoms with E-state index in [9.17, 15) is 4.79 Å². The largest absolute Gasteiger partial charge is 0.497 e. The molecule has 7 nitrogen and oxygen atoms in total. The fraction of sp³-hybridized carbons (Fsp3) is 0.312. The fourth-order valence-corrected chi connectivity index (χ4v) is 4.63. The first kappa shape index (κ1) is 27.8. The highest BCUT2D eigenvalue weighted by atomic mass is 16.5. The number of aldehydes is 1. The van der Waals surface area contributed by atoms with Gasteiger partial charge in [0.2, 0.25) is 0 Å². The van der Waals surface area contributed by atoms with Crippen LogP contribution >= 0.6 is 0 Å². The number of nitrogens with zero attached hydrogens (tertiary/aromatic N) is 2. The Kier molecular flexibility index (Phi) is 10.0. The minimum absolute atomic E-state index is 0.209. The summed E-state index contributed by atoms with van der Waals surface area (Å²) in [5, 5.41) is 3.16. The second-order valence-corrected chi connectivity index (χ2v) is 9.35. The minimum Gasteiger partial charge on any atom is -0.497 e. The van der Waals surface area contributed by atoms with Gasteiger partial charge in [-0.2, -0.15) is 0 Å². The fourth-order valence-electron chi connectivity index (χ4n) is 4.63. The summed E-state index contributed by atoms with van der Waals surface area (Å²) in [6.07, 6.45) is 8.18. The number of aliphatic imine (C=N–C) groups is 1. The summed E-state index contributed by atoms with van der Waals surface area (Å²) in [6, 6.07) is 24.4. The molecule has 1 fully saturated rings. The lowest BCUT2D eigenvalue weighted by molar-refractivity contribution is -0.106. The topological polar surface area (TPSA) is 72.4 Å². The Morgan fingerprint density at radius 2 is 1.36 bits per heavy atom. The molecule has 204 valence electrons. The van der Waals surface area contributed by atoms with Gasteiger partial charge in [0.05, 0.1) is 20.3 Å². The molecule has 1 aliphatic carbocycles. The minimum atomic E-state index is 0.209. The molecule has 0 heterocycles. The summed E-state index contributed by atoms with van der Waals surface area (Å²) in [6.45, 7) is 2.65. The second kappa shape index (κ2) is 14.0. The molecular weight excluding hydrogens is 490 g/mol. The molecule has 0 saturated heterocycles. The number of hydrogen-bond acceptors (Lipinski definition) is 6. The maximum Gasteiger partial charge on any atom is 0.290 e. The number of hydrogen-bond donors (Lipinski definition) is 1. The van der Waals surface area contributed by atoms with Crippen molar-refractivity contribution in [2.75, 3.05) is 25.7 Å². The number of ether oxygens (including phenoxy) is 3. The molecule has 1 N–H and O–H groups in total. The predicted molar refractivity (Wildman–Crippen MR) is 157 cm³/mol. The molecule has 39 heavy (non-hydrogen) atoms. The van der Waals surface area contributed by atoms with Crippen LogP contribution in [0.3, 0.4) is 0 Å². The Morgan fingerprint density at radius 3 is 1.82 bits per heavy atom. The van der Waals surface area contributed by atoms with E-state index in [1.807, 2.05) is 79.7 Å². The van der Waals surface area contributed by atoms with Gasteiger partial charge in [-0.25, -0.2) is 4.99 Å². The normalized spacial score (nSPS) is 14.4. The maximum atomic E-state index is 11.9. The van der Waals surface area contributed by atoms with Crippen molar-refractivity contribution in [2.45, 2.75) is 45.1 Å². The highest BCUT2D eigenvalue weighted by Crippen LogP contribution is 2.36. The van der Waals surface area contributed by atoms with Gasteiger partial charge in [0.25, 0.3) is 6.02 Å². The van der Waals surface area contributed by atoms with E-state index in [0.29, 0.717) is 12.6 Å². The smallest absolute Gasteiger partial charge is 0.290 e. The standard InChI is InChI=1S/C32H37N3O4/c1-4-33-32(34-25-8-6-5-7-9-25)39-31(23-36)22-24-10-12-26(13-11-24)35(27-14-18-29(37-2)19-15-27)28-16-20-30(38-3)21-17-28/h10-23,25H,4-9H2,1-3H3,(H,33,34)/b31-22+. The third-order valence-electron chi connectivity index (χ3n) is 6.65. The third-order valence-corrected chi connectivity index (χ3v) is 6.65. The zero-order chi connectivity index (χ0) is 27.5. The van der Waals surface area contributed by atoms with E-state index in [1.165, 1.54) is 19.3 Å². The van der Waals surface area contributed by atoms with Crippen molar-refractivity contribution in [3.05, 3.63) is 84.1 Å². The van der Waals surface area contributed by atoms with Crippen molar-refractivity contribution in [3.8, 4) is 11.5 Å². The number of benzene rings is 3. The summed E-state index contributed by atoms with van der Waals surface area (Å²) in [5.74, 6) is 1.79. The lowest BCUT2D eigenvalue weighted by Crippen LogP contribution is -2.28. The van der Waals surface area contributed by atoms with Crippen LogP contribution in [0.5, 0.6) is 11.5 Å². The number of methoxy groups -OCH3 is 2. The van der Waals surface area contributed by atoms with Gasteiger partial charge < -0.3 is 24.4 Å². The van der Waals surface area contributed by atoms with Crippen molar-refractivity contribution in [2.24, 2.45) is 4.99 Å². The van der Waals surface area contributed by atoms with Gasteiger partial charge >= 0.3 is 0 Å². The summed E-state index contributed by atoms with van der Waals surface area (Å²) in [7, 11) is 3.31. The van der Waals surface area contributed by atoms with Crippen LogP contribution in [0.1, 0.15) is 44.6 Å². The second-order valence-electron chi connectivity index (χ2n) is 9.35. The van der Waals surface area contributed by atoms with Crippen LogP contribution < -0.4 is 19.7 Å². The summed E-state index contributed by atoms with van der Waals surface area (Å²) >= 11 is 0. The number of carbonyl (C=O) groups excluding carboxylic acids is 1. The molecule has 0 unspecified atom stereocenters. The van der Waals surface area contributed by atoms with Crippen LogP contribution in [0.15, 0.2) is 83.5 Å². The van der Waals surface area contributed by atoms with E-state index < -0.39 is 0 Å². The van der Waals surface area contributed by atoms with E-state index in [2.05, 4.69) is 10.2 Å². The van der Waals surface area contributed by atoms with Crippen LogP contribution in [0, 0.1) is 0 Å². The molecule has 1 saturated carbocycles. The van der Waals surface area contributed by atoms with Crippen LogP contribution in [0.25, 0.3) is 6.08 Å². The summed E-state index contributed by atoms with van der Waals surface area (Å²) < 4.78 is 16.6. The Labute approximate surface area is 231 Å². The average molecular weight is 528 g/mol. The molecule has 0 radical (unpaired) electrons. The zero-order valence-electron chi connectivity index (χ0n) is 22.9. The van der Waals surface area contributed by atoms with E-state index in [4.69, 9.17) is 19.2 Å². The van der Waals surface area contributed by atoms with Crippen molar-refractivity contribution in [1.29, 1.82) is 0 Å². The van der Waals surface area contributed by atoms with Crippen molar-refractivity contribution < 1.29 is 19.0 Å². The number of amidine groups is 1. The quantitative estimate of drug-likeness (QED) is 0.100. The van der Waals surface area contributed by atoms with Crippen LogP contribution in [0.2, 0.25) is 0 Å². The maximum absolute atomic E-state index is 11.9. The third kappa shape index (κ3) is 7.63. The van der Waals surface area contributed by atoms with E-state index in [-0.39, 0.29) is 11.8 Å². The Hall–Kier alpha value is -4.26. The van der Waals surface area contributed by atoms with Crippen LogP contribution in [0.4, 0.5) is 17.1 Å². The van der Waals surface area contributed by atoms with E-state index in [0.717, 1.165) is 53.3 Å². The molecule has 7 heteroatoms. The number of nitrogens with one attached hydrogen (secondary N) is 1. The molecule has 0 aromatic heterocycles. The highest BCUT2D eigenvalue weighted by Gasteiger charge is 2.16. The van der Waals surface area contributed by atoms with E-state index >= 15 is 0 Å². The molecule has 0 amide bonds. The first-order valence-corrected chi connectivity index (χ1v) is 13.5. The first-order valence-electron chi connectivity index (χ1n) is 13.5. The van der Waals surface area contributed by atoms with Gasteiger partial charge in [-0.05, 0) is 92.1 Å². The number of rotatable bonds is 10. The van der Waals surface area contributed by atoms with Gasteiger partial charge in [-0.1, -0.05) is 31.4 Å². The Bertz CT molecular complexity index is 1200. The van der Waals surface area contributed by atoms with Crippen molar-refractivity contribution in [1.82, 2.24) is 5.32 Å². The van der Waals surface area contributed by atoms with Crippen molar-refractivity contribution >= 4 is 35.4 Å². The molecule has 3 aromatic rings. The first-order chi connectivity index (χ1) is 19.1. The average Bonchev–Trinajstić information content (AvgIpc) is 2.99. The molecule has 1 aliphatic rings. The molecule has 4 rings (SSSR count). The van der Waals surface area contributed by atoms with Crippen LogP contribution in [-0.2, 0) is 9.53 Å². The van der Waals surface area contributed by atoms with Crippen LogP contribution in [-0.4, -0.2) is 39.1 Å². The number of allylic oxidation sites excluding steroid dienone is 1. The van der Waals surface area contributed by atoms with Gasteiger partial charge in [0.1, 0.15) is 11.5 Å². The molecule has 0 atom stereocenters. The lowest BCUT2D eigenvalue weighted by Gasteiger charge is -2.26. The summed E-state index contributed by atoms with van der Waals surface area (Å²) in [4.78, 5) is 18.8.